The van der Waals surface area contributed by atoms with Crippen LogP contribution in [-0.4, -0.2) is 28.6 Å². The maximum absolute atomic E-state index is 13.3. The first-order chi connectivity index (χ1) is 11.6. The molecule has 0 aliphatic carbocycles. The second-order valence-corrected chi connectivity index (χ2v) is 6.45. The molecule has 2 atom stereocenters. The van der Waals surface area contributed by atoms with Gasteiger partial charge >= 0.3 is 5.97 Å². The van der Waals surface area contributed by atoms with Crippen molar-refractivity contribution < 1.29 is 14.3 Å². The Kier molecular flexibility index (Phi) is 4.95. The third-order valence-electron chi connectivity index (χ3n) is 4.74. The van der Waals surface area contributed by atoms with Crippen molar-refractivity contribution in [3.63, 3.8) is 0 Å². The van der Waals surface area contributed by atoms with Crippen molar-refractivity contribution in [1.82, 2.24) is 4.90 Å². The number of carboxylic acid groups (broad SMARTS) is 1. The molecule has 2 aromatic carbocycles. The van der Waals surface area contributed by atoms with Gasteiger partial charge in [-0.05, 0) is 49.6 Å². The van der Waals surface area contributed by atoms with Crippen LogP contribution in [0.3, 0.4) is 0 Å². The molecule has 1 saturated heterocycles. The van der Waals surface area contributed by atoms with E-state index in [0.29, 0.717) is 6.42 Å². The predicted octanol–water partition coefficient (Wildman–Crippen LogP) is 4.16. The monoisotopic (exact) mass is 327 g/mol. The molecule has 0 aromatic heterocycles. The summed E-state index contributed by atoms with van der Waals surface area (Å²) < 4.78 is 13.3. The van der Waals surface area contributed by atoms with Gasteiger partial charge in [-0.3, -0.25) is 9.69 Å². The summed E-state index contributed by atoms with van der Waals surface area (Å²) in [5, 5.41) is 9.64. The molecule has 126 valence electrons. The molecule has 0 bridgehead atoms. The van der Waals surface area contributed by atoms with Crippen LogP contribution in [0.2, 0.25) is 0 Å². The minimum atomic E-state index is -0.783. The van der Waals surface area contributed by atoms with E-state index < -0.39 is 12.0 Å². The zero-order valence-corrected chi connectivity index (χ0v) is 13.8. The topological polar surface area (TPSA) is 40.5 Å². The Morgan fingerprint density at radius 1 is 1.08 bits per heavy atom. The number of halogens is 1. The number of hydrogen-bond donors (Lipinski definition) is 1. The van der Waals surface area contributed by atoms with Crippen molar-refractivity contribution in [3.05, 3.63) is 71.0 Å². The fourth-order valence-electron chi connectivity index (χ4n) is 3.50. The summed E-state index contributed by atoms with van der Waals surface area (Å²) in [5.41, 5.74) is 3.12. The average Bonchev–Trinajstić information content (AvgIpc) is 2.59. The summed E-state index contributed by atoms with van der Waals surface area (Å²) in [6, 6.07) is 13.9. The van der Waals surface area contributed by atoms with Crippen molar-refractivity contribution in [3.8, 4) is 0 Å². The summed E-state index contributed by atoms with van der Waals surface area (Å²) in [6.45, 7) is 2.75. The van der Waals surface area contributed by atoms with E-state index in [1.54, 1.807) is 12.1 Å². The lowest BCUT2D eigenvalue weighted by molar-refractivity contribution is -0.145. The number of carboxylic acids is 1. The maximum Gasteiger partial charge on any atom is 0.320 e. The van der Waals surface area contributed by atoms with Gasteiger partial charge in [0.15, 0.2) is 0 Å². The van der Waals surface area contributed by atoms with E-state index in [1.165, 1.54) is 12.1 Å². The fraction of sp³-hybridized carbons (Fsp3) is 0.350. The van der Waals surface area contributed by atoms with E-state index in [-0.39, 0.29) is 11.9 Å². The van der Waals surface area contributed by atoms with Crippen molar-refractivity contribution in [2.24, 2.45) is 0 Å². The first kappa shape index (κ1) is 16.7. The van der Waals surface area contributed by atoms with Gasteiger partial charge < -0.3 is 5.11 Å². The second-order valence-electron chi connectivity index (χ2n) is 6.45. The Morgan fingerprint density at radius 3 is 2.25 bits per heavy atom. The zero-order valence-electron chi connectivity index (χ0n) is 13.8. The number of rotatable bonds is 4. The van der Waals surface area contributed by atoms with Crippen molar-refractivity contribution in [1.29, 1.82) is 0 Å². The van der Waals surface area contributed by atoms with Crippen LogP contribution in [0.25, 0.3) is 0 Å². The maximum atomic E-state index is 13.3. The number of likely N-dealkylation sites (tertiary alicyclic amines) is 1. The van der Waals surface area contributed by atoms with Crippen molar-refractivity contribution in [2.75, 3.05) is 6.54 Å². The number of benzene rings is 2. The molecule has 1 fully saturated rings. The Bertz CT molecular complexity index is 651. The normalized spacial score (nSPS) is 19.8. The third-order valence-corrected chi connectivity index (χ3v) is 4.74. The molecule has 0 spiro atoms. The number of hydrogen-bond acceptors (Lipinski definition) is 2. The van der Waals surface area contributed by atoms with Gasteiger partial charge in [0, 0.05) is 0 Å². The van der Waals surface area contributed by atoms with Gasteiger partial charge in [-0.1, -0.05) is 48.4 Å². The summed E-state index contributed by atoms with van der Waals surface area (Å²) in [6.07, 6.45) is 2.56. The minimum absolute atomic E-state index is 0.174. The molecule has 3 nitrogen and oxygen atoms in total. The van der Waals surface area contributed by atoms with Gasteiger partial charge in [-0.15, -0.1) is 0 Å². The number of nitrogens with zero attached hydrogens (tertiary/aromatic N) is 1. The number of aliphatic carboxylic acids is 1. The summed E-state index contributed by atoms with van der Waals surface area (Å²) >= 11 is 0. The third kappa shape index (κ3) is 3.49. The minimum Gasteiger partial charge on any atom is -0.480 e. The zero-order chi connectivity index (χ0) is 17.1. The molecule has 1 N–H and O–H groups in total. The van der Waals surface area contributed by atoms with Crippen LogP contribution in [0.15, 0.2) is 48.5 Å². The molecule has 3 rings (SSSR count). The molecule has 0 amide bonds. The van der Waals surface area contributed by atoms with E-state index in [0.717, 1.165) is 36.1 Å². The van der Waals surface area contributed by atoms with Crippen LogP contribution >= 0.6 is 0 Å². The molecule has 1 aliphatic rings. The Morgan fingerprint density at radius 2 is 1.67 bits per heavy atom. The van der Waals surface area contributed by atoms with E-state index in [4.69, 9.17) is 0 Å². The molecule has 0 saturated carbocycles. The van der Waals surface area contributed by atoms with Gasteiger partial charge in [0.2, 0.25) is 0 Å². The van der Waals surface area contributed by atoms with E-state index in [9.17, 15) is 14.3 Å². The average molecular weight is 327 g/mol. The second kappa shape index (κ2) is 7.14. The van der Waals surface area contributed by atoms with Crippen LogP contribution < -0.4 is 0 Å². The molecular formula is C20H22FNO2. The molecule has 2 aromatic rings. The standard InChI is InChI=1S/C20H22FNO2/c1-14-5-7-15(8-6-14)19(16-9-11-17(21)12-10-16)22-13-3-2-4-18(22)20(23)24/h5-12,18-19H,2-4,13H2,1H3,(H,23,24). The Labute approximate surface area is 141 Å². The smallest absolute Gasteiger partial charge is 0.320 e. The molecule has 1 aliphatic heterocycles. The Hall–Kier alpha value is -2.20. The molecule has 24 heavy (non-hydrogen) atoms. The summed E-state index contributed by atoms with van der Waals surface area (Å²) in [5.74, 6) is -1.07. The first-order valence-corrected chi connectivity index (χ1v) is 8.37. The molecule has 4 heteroatoms. The highest BCUT2D eigenvalue weighted by molar-refractivity contribution is 5.73. The van der Waals surface area contributed by atoms with E-state index in [1.807, 2.05) is 36.1 Å². The molecule has 0 radical (unpaired) electrons. The highest BCUT2D eigenvalue weighted by Gasteiger charge is 2.35. The SMILES string of the molecule is Cc1ccc(C(c2ccc(F)cc2)N2CCCCC2C(=O)O)cc1. The van der Waals surface area contributed by atoms with Crippen LogP contribution in [0.4, 0.5) is 4.39 Å². The summed E-state index contributed by atoms with van der Waals surface area (Å²) in [7, 11) is 0. The fourth-order valence-corrected chi connectivity index (χ4v) is 3.50. The largest absolute Gasteiger partial charge is 0.480 e. The summed E-state index contributed by atoms with van der Waals surface area (Å²) in [4.78, 5) is 13.8. The number of aryl methyl sites for hydroxylation is 1. The van der Waals surface area contributed by atoms with Gasteiger partial charge in [0.25, 0.3) is 0 Å². The Balaban J connectivity index is 2.05. The lowest BCUT2D eigenvalue weighted by Gasteiger charge is -2.39. The van der Waals surface area contributed by atoms with Crippen molar-refractivity contribution in [2.45, 2.75) is 38.3 Å². The van der Waals surface area contributed by atoms with E-state index in [2.05, 4.69) is 0 Å². The van der Waals surface area contributed by atoms with Gasteiger partial charge in [0.05, 0.1) is 6.04 Å². The highest BCUT2D eigenvalue weighted by atomic mass is 19.1. The quantitative estimate of drug-likeness (QED) is 0.916. The number of piperidine rings is 1. The lowest BCUT2D eigenvalue weighted by atomic mass is 9.91. The van der Waals surface area contributed by atoms with Crippen LogP contribution in [0.1, 0.15) is 42.0 Å². The van der Waals surface area contributed by atoms with Crippen LogP contribution in [0, 0.1) is 12.7 Å². The van der Waals surface area contributed by atoms with Crippen molar-refractivity contribution >= 4 is 5.97 Å². The highest BCUT2D eigenvalue weighted by Crippen LogP contribution is 2.34. The van der Waals surface area contributed by atoms with Gasteiger partial charge in [-0.25, -0.2) is 4.39 Å². The first-order valence-electron chi connectivity index (χ1n) is 8.37. The van der Waals surface area contributed by atoms with E-state index >= 15 is 0 Å². The van der Waals surface area contributed by atoms with Crippen LogP contribution in [0.5, 0.6) is 0 Å². The lowest BCUT2D eigenvalue weighted by Crippen LogP contribution is -2.46. The molecule has 1 heterocycles. The molecule has 2 unspecified atom stereocenters. The van der Waals surface area contributed by atoms with Gasteiger partial charge in [0.1, 0.15) is 11.9 Å². The van der Waals surface area contributed by atoms with Crippen LogP contribution in [-0.2, 0) is 4.79 Å². The molecular weight excluding hydrogens is 305 g/mol. The number of carbonyl (C=O) groups is 1. The van der Waals surface area contributed by atoms with Gasteiger partial charge in [-0.2, -0.15) is 0 Å². The predicted molar refractivity (Wildman–Crippen MR) is 91.4 cm³/mol.